The lowest BCUT2D eigenvalue weighted by molar-refractivity contribution is -0.0736. The summed E-state index contributed by atoms with van der Waals surface area (Å²) in [6, 6.07) is 1.17. The van der Waals surface area contributed by atoms with Crippen molar-refractivity contribution in [1.29, 1.82) is 0 Å². The molecule has 76 valence electrons. The van der Waals surface area contributed by atoms with Crippen LogP contribution < -0.4 is 0 Å². The van der Waals surface area contributed by atoms with Crippen LogP contribution in [0.25, 0.3) is 0 Å². The lowest BCUT2D eigenvalue weighted by Crippen LogP contribution is -2.47. The van der Waals surface area contributed by atoms with Crippen LogP contribution in [0.2, 0.25) is 0 Å². The molecular weight excluding hydrogens is 166 g/mol. The van der Waals surface area contributed by atoms with E-state index in [0.29, 0.717) is 18.2 Å². The first-order chi connectivity index (χ1) is 6.20. The third-order valence-electron chi connectivity index (χ3n) is 3.14. The average Bonchev–Trinajstić information content (AvgIpc) is 2.48. The Bertz CT molecular complexity index is 178. The van der Waals surface area contributed by atoms with E-state index in [9.17, 15) is 0 Å². The minimum atomic E-state index is 0.266. The van der Waals surface area contributed by atoms with Gasteiger partial charge in [-0.1, -0.05) is 0 Å². The van der Waals surface area contributed by atoms with E-state index in [-0.39, 0.29) is 6.10 Å². The van der Waals surface area contributed by atoms with Gasteiger partial charge in [0.2, 0.25) is 0 Å². The van der Waals surface area contributed by atoms with Crippen molar-refractivity contribution in [2.45, 2.75) is 51.5 Å². The van der Waals surface area contributed by atoms with Crippen LogP contribution in [0.5, 0.6) is 0 Å². The Morgan fingerprint density at radius 1 is 1.31 bits per heavy atom. The van der Waals surface area contributed by atoms with Crippen LogP contribution in [0.1, 0.15) is 27.2 Å². The first-order valence-corrected chi connectivity index (χ1v) is 5.19. The Labute approximate surface area is 80.0 Å². The predicted molar refractivity (Wildman–Crippen MR) is 50.5 cm³/mol. The molecular formula is C10H19NO2. The van der Waals surface area contributed by atoms with Gasteiger partial charge in [0.15, 0.2) is 0 Å². The van der Waals surface area contributed by atoms with E-state index in [0.717, 1.165) is 19.8 Å². The smallest absolute Gasteiger partial charge is 0.101 e. The van der Waals surface area contributed by atoms with E-state index in [2.05, 4.69) is 25.7 Å². The summed E-state index contributed by atoms with van der Waals surface area (Å²) in [6.07, 6.45) is 1.69. The lowest BCUT2D eigenvalue weighted by atomic mass is 9.99. The summed E-state index contributed by atoms with van der Waals surface area (Å²) in [6.45, 7) is 8.23. The molecule has 1 unspecified atom stereocenters. The van der Waals surface area contributed by atoms with Crippen molar-refractivity contribution in [1.82, 2.24) is 4.90 Å². The molecule has 2 aliphatic rings. The van der Waals surface area contributed by atoms with Gasteiger partial charge in [0, 0.05) is 18.7 Å². The van der Waals surface area contributed by atoms with Crippen LogP contribution in [0.15, 0.2) is 0 Å². The van der Waals surface area contributed by atoms with Gasteiger partial charge in [-0.15, -0.1) is 0 Å². The van der Waals surface area contributed by atoms with Crippen molar-refractivity contribution >= 4 is 0 Å². The number of rotatable bonds is 1. The van der Waals surface area contributed by atoms with Crippen LogP contribution in [-0.4, -0.2) is 42.5 Å². The maximum absolute atomic E-state index is 5.74. The molecule has 0 aromatic rings. The van der Waals surface area contributed by atoms with Crippen molar-refractivity contribution in [2.24, 2.45) is 0 Å². The van der Waals surface area contributed by atoms with Gasteiger partial charge in [0.05, 0.1) is 6.10 Å². The summed E-state index contributed by atoms with van der Waals surface area (Å²) < 4.78 is 11.3. The molecule has 2 saturated heterocycles. The molecule has 0 N–H and O–H groups in total. The summed E-state index contributed by atoms with van der Waals surface area (Å²) in [5.41, 5.74) is 0. The molecule has 3 heteroatoms. The van der Waals surface area contributed by atoms with Crippen LogP contribution in [0.4, 0.5) is 0 Å². The fourth-order valence-corrected chi connectivity index (χ4v) is 2.35. The largest absolute Gasteiger partial charge is 0.376 e. The molecule has 0 aliphatic carbocycles. The average molecular weight is 185 g/mol. The molecule has 0 aromatic carbocycles. The van der Waals surface area contributed by atoms with Gasteiger partial charge in [-0.25, -0.2) is 0 Å². The first kappa shape index (κ1) is 9.44. The van der Waals surface area contributed by atoms with Gasteiger partial charge in [0.1, 0.15) is 12.8 Å². The quantitative estimate of drug-likeness (QED) is 0.613. The molecule has 0 spiro atoms. The molecule has 0 saturated carbocycles. The Balaban J connectivity index is 2.06. The summed E-state index contributed by atoms with van der Waals surface area (Å²) in [4.78, 5) is 2.43. The number of hydrogen-bond acceptors (Lipinski definition) is 3. The number of hydrogen-bond donors (Lipinski definition) is 0. The van der Waals surface area contributed by atoms with Gasteiger partial charge in [-0.3, -0.25) is 4.90 Å². The van der Waals surface area contributed by atoms with E-state index >= 15 is 0 Å². The Kier molecular flexibility index (Phi) is 2.58. The van der Waals surface area contributed by atoms with Gasteiger partial charge in [-0.05, 0) is 27.2 Å². The van der Waals surface area contributed by atoms with Crippen LogP contribution >= 0.6 is 0 Å². The topological polar surface area (TPSA) is 21.7 Å². The Morgan fingerprint density at radius 3 is 2.77 bits per heavy atom. The third kappa shape index (κ3) is 1.60. The SMILES string of the molecule is CC(C)N1CO[C@H]2C1CCO[C@H]2C. The summed E-state index contributed by atoms with van der Waals surface area (Å²) >= 11 is 0. The minimum Gasteiger partial charge on any atom is -0.376 e. The summed E-state index contributed by atoms with van der Waals surface area (Å²) in [7, 11) is 0. The van der Waals surface area contributed by atoms with E-state index in [4.69, 9.17) is 9.47 Å². The second kappa shape index (κ2) is 3.56. The first-order valence-electron chi connectivity index (χ1n) is 5.19. The van der Waals surface area contributed by atoms with Crippen molar-refractivity contribution in [3.05, 3.63) is 0 Å². The van der Waals surface area contributed by atoms with E-state index in [1.54, 1.807) is 0 Å². The molecule has 0 amide bonds. The zero-order valence-corrected chi connectivity index (χ0v) is 8.69. The highest BCUT2D eigenvalue weighted by Gasteiger charge is 2.42. The van der Waals surface area contributed by atoms with E-state index in [1.807, 2.05) is 0 Å². The Morgan fingerprint density at radius 2 is 2.08 bits per heavy atom. The minimum absolute atomic E-state index is 0.266. The lowest BCUT2D eigenvalue weighted by Gasteiger charge is -2.35. The van der Waals surface area contributed by atoms with Gasteiger partial charge < -0.3 is 9.47 Å². The van der Waals surface area contributed by atoms with E-state index in [1.165, 1.54) is 0 Å². The highest BCUT2D eigenvalue weighted by Crippen LogP contribution is 2.29. The van der Waals surface area contributed by atoms with Gasteiger partial charge in [-0.2, -0.15) is 0 Å². The second-order valence-electron chi connectivity index (χ2n) is 4.30. The highest BCUT2D eigenvalue weighted by atomic mass is 16.6. The van der Waals surface area contributed by atoms with Crippen molar-refractivity contribution in [3.63, 3.8) is 0 Å². The van der Waals surface area contributed by atoms with Crippen molar-refractivity contribution in [3.8, 4) is 0 Å². The van der Waals surface area contributed by atoms with Crippen molar-refractivity contribution < 1.29 is 9.47 Å². The Hall–Kier alpha value is -0.120. The van der Waals surface area contributed by atoms with Crippen LogP contribution in [0.3, 0.4) is 0 Å². The maximum atomic E-state index is 5.74. The second-order valence-corrected chi connectivity index (χ2v) is 4.30. The standard InChI is InChI=1S/C10H19NO2/c1-7(2)11-6-13-10-8(3)12-5-4-9(10)11/h7-10H,4-6H2,1-3H3/t8-,9?,10+/m0/s1. The van der Waals surface area contributed by atoms with Gasteiger partial charge in [0.25, 0.3) is 0 Å². The molecule has 0 radical (unpaired) electrons. The molecule has 2 heterocycles. The third-order valence-corrected chi connectivity index (χ3v) is 3.14. The zero-order chi connectivity index (χ0) is 9.42. The fourth-order valence-electron chi connectivity index (χ4n) is 2.35. The molecule has 2 fully saturated rings. The number of fused-ring (bicyclic) bond motifs is 1. The van der Waals surface area contributed by atoms with E-state index < -0.39 is 0 Å². The zero-order valence-electron chi connectivity index (χ0n) is 8.69. The summed E-state index contributed by atoms with van der Waals surface area (Å²) in [5, 5.41) is 0. The van der Waals surface area contributed by atoms with Crippen LogP contribution in [-0.2, 0) is 9.47 Å². The maximum Gasteiger partial charge on any atom is 0.101 e. The predicted octanol–water partition coefficient (Wildman–Crippen LogP) is 1.23. The molecule has 3 atom stereocenters. The summed E-state index contributed by atoms with van der Waals surface area (Å²) in [5.74, 6) is 0. The van der Waals surface area contributed by atoms with Gasteiger partial charge >= 0.3 is 0 Å². The molecule has 0 aromatic heterocycles. The molecule has 2 rings (SSSR count). The van der Waals surface area contributed by atoms with Crippen LogP contribution in [0, 0.1) is 0 Å². The molecule has 0 bridgehead atoms. The van der Waals surface area contributed by atoms with Crippen molar-refractivity contribution in [2.75, 3.05) is 13.3 Å². The number of nitrogens with zero attached hydrogens (tertiary/aromatic N) is 1. The normalized spacial score (nSPS) is 41.1. The molecule has 13 heavy (non-hydrogen) atoms. The monoisotopic (exact) mass is 185 g/mol. The molecule has 3 nitrogen and oxygen atoms in total. The molecule has 2 aliphatic heterocycles. The number of ether oxygens (including phenoxy) is 2. The fraction of sp³-hybridized carbons (Fsp3) is 1.00. The highest BCUT2D eigenvalue weighted by molar-refractivity contribution is 4.91.